The van der Waals surface area contributed by atoms with Crippen molar-refractivity contribution in [2.24, 2.45) is 0 Å². The molecule has 0 saturated heterocycles. The highest BCUT2D eigenvalue weighted by atomic mass is 32.2. The molecule has 2 heterocycles. The number of rotatable bonds is 5. The van der Waals surface area contributed by atoms with Crippen molar-refractivity contribution >= 4 is 28.4 Å². The predicted octanol–water partition coefficient (Wildman–Crippen LogP) is 2.31. The molecule has 0 spiro atoms. The van der Waals surface area contributed by atoms with E-state index in [1.54, 1.807) is 36.0 Å². The first-order chi connectivity index (χ1) is 10.7. The highest BCUT2D eigenvalue weighted by molar-refractivity contribution is 7.98. The number of anilines is 1. The number of hydrogen-bond donors (Lipinski definition) is 1. The van der Waals surface area contributed by atoms with Gasteiger partial charge in [-0.25, -0.2) is 15.0 Å². The van der Waals surface area contributed by atoms with Crippen molar-refractivity contribution in [1.82, 2.24) is 19.5 Å². The van der Waals surface area contributed by atoms with E-state index in [0.717, 1.165) is 27.2 Å². The zero-order chi connectivity index (χ0) is 15.5. The number of methoxy groups -OCH3 is 1. The molecule has 0 atom stereocenters. The normalized spacial score (nSPS) is 11.2. The summed E-state index contributed by atoms with van der Waals surface area (Å²) in [5.74, 6) is 0.590. The van der Waals surface area contributed by atoms with Crippen LogP contribution in [-0.2, 0) is 11.2 Å². The van der Waals surface area contributed by atoms with Crippen molar-refractivity contribution in [3.8, 4) is 5.95 Å². The summed E-state index contributed by atoms with van der Waals surface area (Å²) in [5, 5.41) is 0.910. The second-order valence-corrected chi connectivity index (χ2v) is 5.61. The van der Waals surface area contributed by atoms with Gasteiger partial charge >= 0.3 is 0 Å². The number of hydrogen-bond acceptors (Lipinski definition) is 6. The van der Waals surface area contributed by atoms with Gasteiger partial charge in [-0.05, 0) is 18.4 Å². The smallest absolute Gasteiger partial charge is 0.235 e. The second kappa shape index (κ2) is 6.33. The summed E-state index contributed by atoms with van der Waals surface area (Å²) in [6.07, 6.45) is 7.89. The number of nitrogens with two attached hydrogens (primary N) is 1. The van der Waals surface area contributed by atoms with E-state index < -0.39 is 0 Å². The number of thioether (sulfide) groups is 1. The molecule has 0 aliphatic carbocycles. The fourth-order valence-electron chi connectivity index (χ4n) is 2.35. The molecule has 0 saturated carbocycles. The molecule has 0 fully saturated rings. The topological polar surface area (TPSA) is 78.8 Å². The maximum atomic E-state index is 6.31. The standard InChI is InChI=1S/C15H17N5OS/c1-21-8-5-11-13-10(3-4-12(22-2)14(13)16)18-15(19-11)20-7-6-17-9-20/h3-4,6-7,9H,5,8,16H2,1-2H3. The lowest BCUT2D eigenvalue weighted by atomic mass is 10.1. The van der Waals surface area contributed by atoms with Gasteiger partial charge in [0, 0.05) is 36.2 Å². The Labute approximate surface area is 132 Å². The lowest BCUT2D eigenvalue weighted by molar-refractivity contribution is 0.201. The van der Waals surface area contributed by atoms with E-state index in [9.17, 15) is 0 Å². The largest absolute Gasteiger partial charge is 0.397 e. The Morgan fingerprint density at radius 3 is 2.86 bits per heavy atom. The van der Waals surface area contributed by atoms with Crippen molar-refractivity contribution in [2.45, 2.75) is 11.3 Å². The Kier molecular flexibility index (Phi) is 4.26. The molecule has 22 heavy (non-hydrogen) atoms. The zero-order valence-electron chi connectivity index (χ0n) is 12.5. The summed E-state index contributed by atoms with van der Waals surface area (Å²) >= 11 is 1.62. The van der Waals surface area contributed by atoms with E-state index in [4.69, 9.17) is 10.5 Å². The van der Waals surface area contributed by atoms with Crippen LogP contribution in [0.2, 0.25) is 0 Å². The Morgan fingerprint density at radius 1 is 1.32 bits per heavy atom. The Balaban J connectivity index is 2.23. The molecule has 6 nitrogen and oxygen atoms in total. The third kappa shape index (κ3) is 2.65. The molecule has 114 valence electrons. The highest BCUT2D eigenvalue weighted by Crippen LogP contribution is 2.32. The van der Waals surface area contributed by atoms with Crippen molar-refractivity contribution in [3.63, 3.8) is 0 Å². The number of imidazole rings is 1. The maximum Gasteiger partial charge on any atom is 0.235 e. The molecular weight excluding hydrogens is 298 g/mol. The SMILES string of the molecule is COCCc1nc(-n2ccnc2)nc2ccc(SC)c(N)c12. The van der Waals surface area contributed by atoms with Crippen LogP contribution in [-0.4, -0.2) is 39.5 Å². The van der Waals surface area contributed by atoms with E-state index in [2.05, 4.69) is 15.0 Å². The third-order valence-corrected chi connectivity index (χ3v) is 4.22. The van der Waals surface area contributed by atoms with E-state index in [-0.39, 0.29) is 0 Å². The number of ether oxygens (including phenoxy) is 1. The number of fused-ring (bicyclic) bond motifs is 1. The van der Waals surface area contributed by atoms with Crippen LogP contribution in [0.25, 0.3) is 16.9 Å². The van der Waals surface area contributed by atoms with E-state index >= 15 is 0 Å². The Hall–Kier alpha value is -2.12. The monoisotopic (exact) mass is 315 g/mol. The molecule has 0 radical (unpaired) electrons. The lowest BCUT2D eigenvalue weighted by Gasteiger charge is -2.12. The summed E-state index contributed by atoms with van der Waals surface area (Å²) in [6, 6.07) is 3.98. The van der Waals surface area contributed by atoms with Crippen LogP contribution in [0.5, 0.6) is 0 Å². The number of benzene rings is 1. The van der Waals surface area contributed by atoms with Gasteiger partial charge in [-0.15, -0.1) is 11.8 Å². The van der Waals surface area contributed by atoms with Gasteiger partial charge in [-0.1, -0.05) is 0 Å². The second-order valence-electron chi connectivity index (χ2n) is 4.76. The summed E-state index contributed by atoms with van der Waals surface area (Å²) in [4.78, 5) is 14.3. The van der Waals surface area contributed by atoms with Gasteiger partial charge in [0.15, 0.2) is 0 Å². The van der Waals surface area contributed by atoms with Gasteiger partial charge in [-0.3, -0.25) is 4.57 Å². The summed E-state index contributed by atoms with van der Waals surface area (Å²) in [7, 11) is 1.68. The minimum Gasteiger partial charge on any atom is -0.397 e. The van der Waals surface area contributed by atoms with Crippen molar-refractivity contribution in [2.75, 3.05) is 25.7 Å². The zero-order valence-corrected chi connectivity index (χ0v) is 13.3. The van der Waals surface area contributed by atoms with Crippen LogP contribution in [0.3, 0.4) is 0 Å². The van der Waals surface area contributed by atoms with Gasteiger partial charge < -0.3 is 10.5 Å². The lowest BCUT2D eigenvalue weighted by Crippen LogP contribution is -2.07. The first kappa shape index (κ1) is 14.8. The molecule has 0 bridgehead atoms. The van der Waals surface area contributed by atoms with Gasteiger partial charge in [-0.2, -0.15) is 0 Å². The summed E-state index contributed by atoms with van der Waals surface area (Å²) < 4.78 is 6.98. The first-order valence-corrected chi connectivity index (χ1v) is 8.07. The fraction of sp³-hybridized carbons (Fsp3) is 0.267. The van der Waals surface area contributed by atoms with Crippen LogP contribution < -0.4 is 5.73 Å². The molecule has 2 N–H and O–H groups in total. The number of nitrogens with zero attached hydrogens (tertiary/aromatic N) is 4. The van der Waals surface area contributed by atoms with Crippen LogP contribution in [0.4, 0.5) is 5.69 Å². The van der Waals surface area contributed by atoms with E-state index in [1.165, 1.54) is 0 Å². The van der Waals surface area contributed by atoms with Gasteiger partial charge in [0.05, 0.1) is 23.5 Å². The molecule has 3 aromatic rings. The Bertz CT molecular complexity index is 788. The van der Waals surface area contributed by atoms with Crippen molar-refractivity contribution < 1.29 is 4.74 Å². The van der Waals surface area contributed by atoms with E-state index in [1.807, 2.05) is 24.6 Å². The van der Waals surface area contributed by atoms with Gasteiger partial charge in [0.2, 0.25) is 5.95 Å². The number of aromatic nitrogens is 4. The highest BCUT2D eigenvalue weighted by Gasteiger charge is 2.14. The van der Waals surface area contributed by atoms with Crippen LogP contribution >= 0.6 is 11.8 Å². The van der Waals surface area contributed by atoms with Crippen LogP contribution in [0.1, 0.15) is 5.69 Å². The molecule has 3 rings (SSSR count). The quantitative estimate of drug-likeness (QED) is 0.575. The maximum absolute atomic E-state index is 6.31. The summed E-state index contributed by atoms with van der Waals surface area (Å²) in [5.41, 5.74) is 8.77. The first-order valence-electron chi connectivity index (χ1n) is 6.85. The molecule has 0 amide bonds. The summed E-state index contributed by atoms with van der Waals surface area (Å²) in [6.45, 7) is 0.582. The Morgan fingerprint density at radius 2 is 2.18 bits per heavy atom. The molecule has 7 heteroatoms. The number of nitrogen functional groups attached to an aromatic ring is 1. The van der Waals surface area contributed by atoms with Crippen molar-refractivity contribution in [3.05, 3.63) is 36.5 Å². The molecule has 0 aliphatic rings. The molecule has 0 unspecified atom stereocenters. The average Bonchev–Trinajstić information content (AvgIpc) is 3.07. The van der Waals surface area contributed by atoms with Crippen molar-refractivity contribution in [1.29, 1.82) is 0 Å². The predicted molar refractivity (Wildman–Crippen MR) is 88.4 cm³/mol. The van der Waals surface area contributed by atoms with Gasteiger partial charge in [0.1, 0.15) is 6.33 Å². The molecule has 0 aliphatic heterocycles. The van der Waals surface area contributed by atoms with Gasteiger partial charge in [0.25, 0.3) is 0 Å². The van der Waals surface area contributed by atoms with E-state index in [0.29, 0.717) is 19.0 Å². The molecule has 2 aromatic heterocycles. The molecule has 1 aromatic carbocycles. The van der Waals surface area contributed by atoms with Crippen LogP contribution in [0, 0.1) is 0 Å². The third-order valence-electron chi connectivity index (χ3n) is 3.43. The molecular formula is C15H17N5OS. The fourth-order valence-corrected chi connectivity index (χ4v) is 2.87. The minimum atomic E-state index is 0.582. The van der Waals surface area contributed by atoms with Crippen LogP contribution in [0.15, 0.2) is 35.7 Å². The minimum absolute atomic E-state index is 0.582. The average molecular weight is 315 g/mol.